The lowest BCUT2D eigenvalue weighted by molar-refractivity contribution is -0.870. The first-order valence-electron chi connectivity index (χ1n) is 8.58. The lowest BCUT2D eigenvalue weighted by Crippen LogP contribution is -3.00. The van der Waals surface area contributed by atoms with Gasteiger partial charge in [0, 0.05) is 29.2 Å². The van der Waals surface area contributed by atoms with Gasteiger partial charge in [0.25, 0.3) is 0 Å². The maximum atomic E-state index is 12.8. The fraction of sp³-hybridized carbons (Fsp3) is 0.350. The minimum Gasteiger partial charge on any atom is -1.00 e. The van der Waals surface area contributed by atoms with E-state index in [1.165, 1.54) is 0 Å². The Morgan fingerprint density at radius 2 is 1.81 bits per heavy atom. The van der Waals surface area contributed by atoms with E-state index >= 15 is 0 Å². The molecular weight excluding hydrogens is 461 g/mol. The van der Waals surface area contributed by atoms with Crippen LogP contribution in [0.15, 0.2) is 48.5 Å². The van der Waals surface area contributed by atoms with Gasteiger partial charge >= 0.3 is 6.03 Å². The third-order valence-corrected chi connectivity index (χ3v) is 4.70. The van der Waals surface area contributed by atoms with E-state index in [0.717, 1.165) is 34.3 Å². The second-order valence-corrected chi connectivity index (χ2v) is 7.97. The largest absolute Gasteiger partial charge is 1.00 e. The molecule has 0 bridgehead atoms. The Morgan fingerprint density at radius 1 is 1.12 bits per heavy atom. The minimum atomic E-state index is -0.115. The van der Waals surface area contributed by atoms with Crippen LogP contribution in [0.5, 0.6) is 0 Å². The summed E-state index contributed by atoms with van der Waals surface area (Å²) >= 11 is 6.24. The SMILES string of the molecule is C[N+](C)(C)CCCN1C(=O)Nc2ccc(Cl)cc2C1c1ccccc1.[I-]. The van der Waals surface area contributed by atoms with Crippen LogP contribution in [0.25, 0.3) is 0 Å². The predicted octanol–water partition coefficient (Wildman–Crippen LogP) is 1.38. The summed E-state index contributed by atoms with van der Waals surface area (Å²) in [5.41, 5.74) is 2.99. The molecule has 1 unspecified atom stereocenters. The highest BCUT2D eigenvalue weighted by atomic mass is 127. The Hall–Kier alpha value is -1.31. The molecule has 1 aliphatic rings. The molecule has 4 nitrogen and oxygen atoms in total. The number of fused-ring (bicyclic) bond motifs is 1. The molecule has 6 heteroatoms. The fourth-order valence-corrected chi connectivity index (χ4v) is 3.47. The van der Waals surface area contributed by atoms with Crippen molar-refractivity contribution in [3.8, 4) is 0 Å². The average molecular weight is 486 g/mol. The third kappa shape index (κ3) is 4.90. The maximum absolute atomic E-state index is 12.8. The molecule has 1 aliphatic heterocycles. The Morgan fingerprint density at radius 3 is 2.46 bits per heavy atom. The lowest BCUT2D eigenvalue weighted by atomic mass is 9.94. The van der Waals surface area contributed by atoms with E-state index in [0.29, 0.717) is 11.6 Å². The molecule has 0 aromatic heterocycles. The van der Waals surface area contributed by atoms with Crippen LogP contribution in [0.3, 0.4) is 0 Å². The molecule has 0 radical (unpaired) electrons. The zero-order valence-corrected chi connectivity index (χ0v) is 18.3. The Kier molecular flexibility index (Phi) is 6.93. The summed E-state index contributed by atoms with van der Waals surface area (Å²) in [6, 6.07) is 15.6. The smallest absolute Gasteiger partial charge is 0.322 e. The normalized spacial score (nSPS) is 16.5. The van der Waals surface area contributed by atoms with Crippen molar-refractivity contribution in [2.24, 2.45) is 0 Å². The zero-order chi connectivity index (χ0) is 18.0. The summed E-state index contributed by atoms with van der Waals surface area (Å²) in [6.07, 6.45) is 0.941. The van der Waals surface area contributed by atoms with E-state index in [-0.39, 0.29) is 36.0 Å². The maximum Gasteiger partial charge on any atom is 0.322 e. The summed E-state index contributed by atoms with van der Waals surface area (Å²) in [5.74, 6) is 0. The molecule has 0 aliphatic carbocycles. The molecule has 3 rings (SSSR count). The van der Waals surface area contributed by atoms with Gasteiger partial charge < -0.3 is 38.7 Å². The first-order valence-corrected chi connectivity index (χ1v) is 8.95. The Labute approximate surface area is 177 Å². The van der Waals surface area contributed by atoms with Crippen LogP contribution < -0.4 is 29.3 Å². The van der Waals surface area contributed by atoms with E-state index in [4.69, 9.17) is 11.6 Å². The Balaban J connectivity index is 0.00000243. The average Bonchev–Trinajstić information content (AvgIpc) is 2.55. The first-order chi connectivity index (χ1) is 11.8. The van der Waals surface area contributed by atoms with Crippen LogP contribution in [0, 0.1) is 0 Å². The van der Waals surface area contributed by atoms with Gasteiger partial charge in [0.1, 0.15) is 0 Å². The second kappa shape index (κ2) is 8.59. The molecule has 0 saturated heterocycles. The van der Waals surface area contributed by atoms with Gasteiger partial charge in [0.2, 0.25) is 0 Å². The zero-order valence-electron chi connectivity index (χ0n) is 15.4. The van der Waals surface area contributed by atoms with Crippen LogP contribution in [0.2, 0.25) is 5.02 Å². The number of carbonyl (C=O) groups is 1. The number of rotatable bonds is 5. The number of anilines is 1. The third-order valence-electron chi connectivity index (χ3n) is 4.47. The number of benzene rings is 2. The number of hydrogen-bond acceptors (Lipinski definition) is 1. The van der Waals surface area contributed by atoms with E-state index in [1.54, 1.807) is 0 Å². The van der Waals surface area contributed by atoms with Gasteiger partial charge in [0.15, 0.2) is 0 Å². The topological polar surface area (TPSA) is 32.3 Å². The van der Waals surface area contributed by atoms with Crippen molar-refractivity contribution in [3.05, 3.63) is 64.7 Å². The van der Waals surface area contributed by atoms with Crippen LogP contribution >= 0.6 is 11.6 Å². The standard InChI is InChI=1S/C20H24ClN3O.HI/c1-24(2,3)13-7-12-23-19(15-8-5-4-6-9-15)17-14-16(21)10-11-18(17)22-20(23)25;/h4-6,8-11,14,19H,7,12-13H2,1-3H3;1H. The molecular formula is C20H25ClIN3O. The molecule has 26 heavy (non-hydrogen) atoms. The van der Waals surface area contributed by atoms with E-state index in [1.807, 2.05) is 41.3 Å². The van der Waals surface area contributed by atoms with Gasteiger partial charge in [-0.15, -0.1) is 0 Å². The number of carbonyl (C=O) groups excluding carboxylic acids is 1. The highest BCUT2D eigenvalue weighted by Crippen LogP contribution is 2.38. The van der Waals surface area contributed by atoms with Crippen LogP contribution in [-0.4, -0.2) is 49.6 Å². The van der Waals surface area contributed by atoms with Gasteiger partial charge in [-0.25, -0.2) is 4.79 Å². The molecule has 0 fully saturated rings. The van der Waals surface area contributed by atoms with Crippen molar-refractivity contribution >= 4 is 23.3 Å². The molecule has 2 aromatic rings. The van der Waals surface area contributed by atoms with Gasteiger partial charge in [-0.3, -0.25) is 0 Å². The molecule has 0 spiro atoms. The second-order valence-electron chi connectivity index (χ2n) is 7.54. The van der Waals surface area contributed by atoms with Crippen LogP contribution in [0.1, 0.15) is 23.6 Å². The molecule has 1 N–H and O–H groups in total. The van der Waals surface area contributed by atoms with Gasteiger partial charge in [-0.1, -0.05) is 41.9 Å². The van der Waals surface area contributed by atoms with E-state index in [2.05, 4.69) is 38.6 Å². The number of quaternary nitrogens is 1. The van der Waals surface area contributed by atoms with Gasteiger partial charge in [0.05, 0.1) is 33.7 Å². The van der Waals surface area contributed by atoms with Crippen molar-refractivity contribution in [3.63, 3.8) is 0 Å². The number of urea groups is 1. The molecule has 1 heterocycles. The van der Waals surface area contributed by atoms with E-state index < -0.39 is 0 Å². The Bertz CT molecular complexity index is 761. The highest BCUT2D eigenvalue weighted by Gasteiger charge is 2.33. The minimum absolute atomic E-state index is 0. The quantitative estimate of drug-likeness (QED) is 0.504. The number of nitrogens with one attached hydrogen (secondary N) is 1. The molecule has 0 saturated carbocycles. The fourth-order valence-electron chi connectivity index (χ4n) is 3.29. The summed E-state index contributed by atoms with van der Waals surface area (Å²) in [5, 5.41) is 3.69. The summed E-state index contributed by atoms with van der Waals surface area (Å²) < 4.78 is 0.883. The first kappa shape index (κ1) is 21.0. The summed E-state index contributed by atoms with van der Waals surface area (Å²) in [7, 11) is 6.50. The number of nitrogens with zero attached hydrogens (tertiary/aromatic N) is 2. The molecule has 1 atom stereocenters. The predicted molar refractivity (Wildman–Crippen MR) is 103 cm³/mol. The van der Waals surface area contributed by atoms with Gasteiger partial charge in [-0.05, 0) is 23.8 Å². The summed E-state index contributed by atoms with van der Waals surface area (Å²) in [4.78, 5) is 14.7. The van der Waals surface area contributed by atoms with E-state index in [9.17, 15) is 4.79 Å². The summed E-state index contributed by atoms with van der Waals surface area (Å²) in [6.45, 7) is 1.71. The van der Waals surface area contributed by atoms with Crippen LogP contribution in [0.4, 0.5) is 10.5 Å². The van der Waals surface area contributed by atoms with Crippen molar-refractivity contribution in [1.29, 1.82) is 0 Å². The highest BCUT2D eigenvalue weighted by molar-refractivity contribution is 6.30. The number of amides is 2. The van der Waals surface area contributed by atoms with Crippen molar-refractivity contribution in [1.82, 2.24) is 4.90 Å². The van der Waals surface area contributed by atoms with Crippen molar-refractivity contribution in [2.75, 3.05) is 39.5 Å². The van der Waals surface area contributed by atoms with Crippen LogP contribution in [-0.2, 0) is 0 Å². The molecule has 2 aromatic carbocycles. The monoisotopic (exact) mass is 485 g/mol. The number of hydrogen-bond donors (Lipinski definition) is 1. The number of halogens is 2. The van der Waals surface area contributed by atoms with Gasteiger partial charge in [-0.2, -0.15) is 0 Å². The van der Waals surface area contributed by atoms with Crippen molar-refractivity contribution in [2.45, 2.75) is 12.5 Å². The molecule has 140 valence electrons. The molecule has 2 amide bonds. The van der Waals surface area contributed by atoms with Crippen molar-refractivity contribution < 1.29 is 33.3 Å². The lowest BCUT2D eigenvalue weighted by Gasteiger charge is -2.38.